The molecule has 0 aliphatic rings. The van der Waals surface area contributed by atoms with Gasteiger partial charge in [0.1, 0.15) is 23.0 Å². The van der Waals surface area contributed by atoms with Crippen molar-refractivity contribution in [2.24, 2.45) is 16.5 Å². The molecule has 3 rings (SSSR count). The van der Waals surface area contributed by atoms with Gasteiger partial charge < -0.3 is 25.6 Å². The Morgan fingerprint density at radius 1 is 1.30 bits per heavy atom. The van der Waals surface area contributed by atoms with Gasteiger partial charge in [0.2, 0.25) is 11.0 Å². The number of aromatic nitrogens is 1. The lowest BCUT2D eigenvalue weighted by Gasteiger charge is -2.03. The monoisotopic (exact) mass is 407 g/mol. The van der Waals surface area contributed by atoms with E-state index in [0.29, 0.717) is 28.1 Å². The Morgan fingerprint density at radius 2 is 2.15 bits per heavy atom. The van der Waals surface area contributed by atoms with Crippen LogP contribution in [0.2, 0.25) is 0 Å². The van der Waals surface area contributed by atoms with E-state index in [4.69, 9.17) is 20.3 Å². The summed E-state index contributed by atoms with van der Waals surface area (Å²) >= 11 is 1.28. The number of rotatable bonds is 8. The molecule has 0 bridgehead atoms. The third-order valence-corrected chi connectivity index (χ3v) is 5.19. The van der Waals surface area contributed by atoms with E-state index in [1.54, 1.807) is 29.6 Å². The van der Waals surface area contributed by atoms with Gasteiger partial charge in [0.15, 0.2) is 11.7 Å². The molecule has 0 fully saturated rings. The minimum atomic E-state index is -1.34. The third-order valence-electron chi connectivity index (χ3n) is 3.27. The summed E-state index contributed by atoms with van der Waals surface area (Å²) in [5.74, 6) is 1.36. The number of furan rings is 2. The first-order chi connectivity index (χ1) is 13.0. The Bertz CT molecular complexity index is 957. The Kier molecular flexibility index (Phi) is 6.04. The van der Waals surface area contributed by atoms with Crippen molar-refractivity contribution in [2.45, 2.75) is 12.3 Å². The van der Waals surface area contributed by atoms with E-state index in [2.05, 4.69) is 15.3 Å². The van der Waals surface area contributed by atoms with Crippen molar-refractivity contribution in [1.29, 1.82) is 0 Å². The van der Waals surface area contributed by atoms with Crippen LogP contribution in [0.4, 0.5) is 5.13 Å². The lowest BCUT2D eigenvalue weighted by atomic mass is 10.3. The molecular weight excluding hydrogens is 390 g/mol. The first-order valence-electron chi connectivity index (χ1n) is 7.78. The number of guanidine groups is 1. The Labute approximate surface area is 160 Å². The largest absolute Gasteiger partial charge is 0.468 e. The van der Waals surface area contributed by atoms with E-state index in [0.717, 1.165) is 0 Å². The Morgan fingerprint density at radius 3 is 2.89 bits per heavy atom. The summed E-state index contributed by atoms with van der Waals surface area (Å²) in [6, 6.07) is 6.90. The number of nitrogens with zero attached hydrogens (tertiary/aromatic N) is 2. The summed E-state index contributed by atoms with van der Waals surface area (Å²) in [4.78, 5) is 20.0. The van der Waals surface area contributed by atoms with Crippen LogP contribution in [0.3, 0.4) is 0 Å². The van der Waals surface area contributed by atoms with Gasteiger partial charge in [-0.1, -0.05) is 0 Å². The second kappa shape index (κ2) is 8.64. The second-order valence-electron chi connectivity index (χ2n) is 5.40. The number of hydrogen-bond donors (Lipinski definition) is 3. The van der Waals surface area contributed by atoms with Gasteiger partial charge >= 0.3 is 0 Å². The van der Waals surface area contributed by atoms with E-state index >= 15 is 0 Å². The van der Waals surface area contributed by atoms with E-state index in [1.807, 2.05) is 0 Å². The standard InChI is InChI=1S/C16H17N5O4S2/c17-15(18)21-16-20-12(7-26-16)13-4-3-10(25-13)6-19-14(22)9-27(23)8-11-2-1-5-24-11/h1-5,7H,6,8-9H2,(H,19,22)(H4,17,18,20,21). The fourth-order valence-electron chi connectivity index (χ4n) is 2.14. The molecule has 1 unspecified atom stereocenters. The quantitative estimate of drug-likeness (QED) is 0.378. The first kappa shape index (κ1) is 18.9. The maximum atomic E-state index is 11.9. The number of hydrogen-bond acceptors (Lipinski definition) is 7. The summed E-state index contributed by atoms with van der Waals surface area (Å²) < 4.78 is 22.7. The molecule has 0 radical (unpaired) electrons. The van der Waals surface area contributed by atoms with Crippen LogP contribution >= 0.6 is 11.3 Å². The van der Waals surface area contributed by atoms with Crippen molar-refractivity contribution in [2.75, 3.05) is 5.75 Å². The highest BCUT2D eigenvalue weighted by Gasteiger charge is 2.12. The SMILES string of the molecule is NC(N)=Nc1nc(-c2ccc(CNC(=O)CS(=O)Cc3ccco3)o2)cs1. The van der Waals surface area contributed by atoms with Crippen LogP contribution < -0.4 is 16.8 Å². The van der Waals surface area contributed by atoms with Gasteiger partial charge in [-0.05, 0) is 24.3 Å². The molecule has 0 saturated heterocycles. The predicted octanol–water partition coefficient (Wildman–Crippen LogP) is 1.47. The van der Waals surface area contributed by atoms with Crippen molar-refractivity contribution >= 4 is 39.1 Å². The molecule has 0 aliphatic carbocycles. The molecular formula is C16H17N5O4S2. The van der Waals surface area contributed by atoms with E-state index < -0.39 is 10.8 Å². The highest BCUT2D eigenvalue weighted by molar-refractivity contribution is 7.84. The molecule has 3 aromatic heterocycles. The number of nitrogens with one attached hydrogen (secondary N) is 1. The van der Waals surface area contributed by atoms with Crippen LogP contribution in [-0.2, 0) is 27.9 Å². The van der Waals surface area contributed by atoms with Crippen molar-refractivity contribution in [3.05, 3.63) is 47.4 Å². The number of aliphatic imine (C=N–C) groups is 1. The summed E-state index contributed by atoms with van der Waals surface area (Å²) in [5.41, 5.74) is 11.2. The zero-order valence-corrected chi connectivity index (χ0v) is 15.7. The molecule has 3 heterocycles. The van der Waals surface area contributed by atoms with Crippen LogP contribution in [0.25, 0.3) is 11.5 Å². The zero-order chi connectivity index (χ0) is 19.2. The van der Waals surface area contributed by atoms with Gasteiger partial charge in [-0.3, -0.25) is 9.00 Å². The van der Waals surface area contributed by atoms with E-state index in [9.17, 15) is 9.00 Å². The van der Waals surface area contributed by atoms with E-state index in [1.165, 1.54) is 17.6 Å². The van der Waals surface area contributed by atoms with Crippen molar-refractivity contribution < 1.29 is 17.8 Å². The molecule has 27 heavy (non-hydrogen) atoms. The van der Waals surface area contributed by atoms with Crippen LogP contribution in [0.15, 0.2) is 49.7 Å². The number of thiazole rings is 1. The Balaban J connectivity index is 1.50. The molecule has 0 aromatic carbocycles. The number of amides is 1. The smallest absolute Gasteiger partial charge is 0.233 e. The van der Waals surface area contributed by atoms with Crippen LogP contribution in [-0.4, -0.2) is 26.8 Å². The fraction of sp³-hybridized carbons (Fsp3) is 0.188. The molecule has 1 atom stereocenters. The summed E-state index contributed by atoms with van der Waals surface area (Å²) in [6.07, 6.45) is 1.50. The van der Waals surface area contributed by atoms with Gasteiger partial charge in [0.05, 0.1) is 18.6 Å². The molecule has 1 amide bonds. The van der Waals surface area contributed by atoms with Gasteiger partial charge in [0, 0.05) is 16.2 Å². The molecule has 9 nitrogen and oxygen atoms in total. The molecule has 0 aliphatic heterocycles. The predicted molar refractivity (Wildman–Crippen MR) is 103 cm³/mol. The minimum Gasteiger partial charge on any atom is -0.468 e. The molecule has 0 spiro atoms. The zero-order valence-electron chi connectivity index (χ0n) is 14.1. The maximum Gasteiger partial charge on any atom is 0.233 e. The van der Waals surface area contributed by atoms with Crippen LogP contribution in [0, 0.1) is 0 Å². The van der Waals surface area contributed by atoms with Crippen molar-refractivity contribution in [3.8, 4) is 11.5 Å². The average Bonchev–Trinajstić information content (AvgIpc) is 3.33. The lowest BCUT2D eigenvalue weighted by molar-refractivity contribution is -0.118. The number of nitrogens with two attached hydrogens (primary N) is 2. The molecule has 5 N–H and O–H groups in total. The van der Waals surface area contributed by atoms with Crippen LogP contribution in [0.5, 0.6) is 0 Å². The normalized spacial score (nSPS) is 11.9. The molecule has 0 saturated carbocycles. The fourth-order valence-corrected chi connectivity index (χ4v) is 3.81. The number of carbonyl (C=O) groups is 1. The highest BCUT2D eigenvalue weighted by atomic mass is 32.2. The second-order valence-corrected chi connectivity index (χ2v) is 7.70. The average molecular weight is 407 g/mol. The minimum absolute atomic E-state index is 0.0665. The summed E-state index contributed by atoms with van der Waals surface area (Å²) in [7, 11) is -1.34. The summed E-state index contributed by atoms with van der Waals surface area (Å²) in [6.45, 7) is 0.182. The van der Waals surface area contributed by atoms with Gasteiger partial charge in [0.25, 0.3) is 0 Å². The van der Waals surface area contributed by atoms with Crippen molar-refractivity contribution in [3.63, 3.8) is 0 Å². The number of carbonyl (C=O) groups excluding carboxylic acids is 1. The lowest BCUT2D eigenvalue weighted by Crippen LogP contribution is -2.28. The van der Waals surface area contributed by atoms with Crippen LogP contribution in [0.1, 0.15) is 11.5 Å². The van der Waals surface area contributed by atoms with Gasteiger partial charge in [-0.25, -0.2) is 4.98 Å². The highest BCUT2D eigenvalue weighted by Crippen LogP contribution is 2.27. The van der Waals surface area contributed by atoms with Gasteiger partial charge in [-0.2, -0.15) is 4.99 Å². The molecule has 3 aromatic rings. The van der Waals surface area contributed by atoms with Crippen molar-refractivity contribution in [1.82, 2.24) is 10.3 Å². The third kappa shape index (κ3) is 5.53. The summed E-state index contributed by atoms with van der Waals surface area (Å²) in [5, 5.41) is 4.87. The molecule has 11 heteroatoms. The first-order valence-corrected chi connectivity index (χ1v) is 10.1. The maximum absolute atomic E-state index is 11.9. The van der Waals surface area contributed by atoms with Gasteiger partial charge in [-0.15, -0.1) is 11.3 Å². The topological polar surface area (TPSA) is 150 Å². The molecule has 142 valence electrons. The van der Waals surface area contributed by atoms with E-state index in [-0.39, 0.29) is 29.9 Å². The Hall–Kier alpha value is -2.92.